The van der Waals surface area contributed by atoms with E-state index in [0.29, 0.717) is 6.04 Å². The summed E-state index contributed by atoms with van der Waals surface area (Å²) in [5.41, 5.74) is 1.95. The summed E-state index contributed by atoms with van der Waals surface area (Å²) >= 11 is 0. The van der Waals surface area contributed by atoms with Gasteiger partial charge in [0.15, 0.2) is 0 Å². The Morgan fingerprint density at radius 3 is 2.68 bits per heavy atom. The molecule has 2 fully saturated rings. The highest BCUT2D eigenvalue weighted by Crippen LogP contribution is 2.24. The minimum Gasteiger partial charge on any atom is -0.370 e. The summed E-state index contributed by atoms with van der Waals surface area (Å²) in [6.45, 7) is 3.26. The van der Waals surface area contributed by atoms with Crippen LogP contribution in [0.2, 0.25) is 0 Å². The van der Waals surface area contributed by atoms with Gasteiger partial charge in [0.1, 0.15) is 5.82 Å². The van der Waals surface area contributed by atoms with Crippen molar-refractivity contribution in [3.8, 4) is 11.3 Å². The first-order chi connectivity index (χ1) is 13.9. The van der Waals surface area contributed by atoms with Gasteiger partial charge in [-0.1, -0.05) is 19.3 Å². The maximum absolute atomic E-state index is 4.79. The fourth-order valence-electron chi connectivity index (χ4n) is 4.27. The van der Waals surface area contributed by atoms with E-state index in [1.54, 1.807) is 6.20 Å². The maximum Gasteiger partial charge on any atom is 0.225 e. The average Bonchev–Trinajstić information content (AvgIpc) is 2.76. The Hall–Kier alpha value is -2.21. The van der Waals surface area contributed by atoms with E-state index in [1.807, 2.05) is 18.3 Å². The van der Waals surface area contributed by atoms with Crippen LogP contribution in [0.5, 0.6) is 0 Å². The van der Waals surface area contributed by atoms with E-state index in [-0.39, 0.29) is 0 Å². The molecule has 2 aliphatic rings. The minimum absolute atomic E-state index is 0.487. The number of hydrogen-bond acceptors (Lipinski definition) is 6. The molecule has 0 atom stereocenters. The van der Waals surface area contributed by atoms with Crippen molar-refractivity contribution >= 4 is 11.8 Å². The number of rotatable bonds is 7. The van der Waals surface area contributed by atoms with Gasteiger partial charge in [-0.25, -0.2) is 4.98 Å². The van der Waals surface area contributed by atoms with Crippen LogP contribution >= 0.6 is 0 Å². The summed E-state index contributed by atoms with van der Waals surface area (Å²) in [5.74, 6) is 2.45. The number of nitrogens with one attached hydrogen (secondary N) is 3. The minimum atomic E-state index is 0.487. The highest BCUT2D eigenvalue weighted by Gasteiger charge is 2.16. The molecule has 6 heteroatoms. The van der Waals surface area contributed by atoms with Gasteiger partial charge in [-0.3, -0.25) is 4.98 Å². The van der Waals surface area contributed by atoms with Gasteiger partial charge in [-0.05, 0) is 63.2 Å². The molecule has 0 radical (unpaired) electrons. The molecular formula is C22H32N6. The van der Waals surface area contributed by atoms with Gasteiger partial charge in [0, 0.05) is 36.6 Å². The standard InChI is InChI=1S/C22H32N6/c1-2-6-19(7-3-1)26-22-27-20(18-5-4-11-24-16-18)15-21(28-22)25-14-10-17-8-12-23-13-9-17/h4-5,11,15-17,19,23H,1-3,6-10,12-14H2,(H2,25,26,27,28). The van der Waals surface area contributed by atoms with Crippen molar-refractivity contribution in [2.45, 2.75) is 57.4 Å². The molecule has 0 amide bonds. The summed E-state index contributed by atoms with van der Waals surface area (Å²) < 4.78 is 0. The third-order valence-corrected chi connectivity index (χ3v) is 5.94. The lowest BCUT2D eigenvalue weighted by molar-refractivity contribution is 0.361. The van der Waals surface area contributed by atoms with Crippen LogP contribution in [0.3, 0.4) is 0 Å². The molecule has 28 heavy (non-hydrogen) atoms. The van der Waals surface area contributed by atoms with Crippen LogP contribution in [-0.2, 0) is 0 Å². The average molecular weight is 381 g/mol. The van der Waals surface area contributed by atoms with Gasteiger partial charge in [-0.15, -0.1) is 0 Å². The molecule has 0 bridgehead atoms. The summed E-state index contributed by atoms with van der Waals surface area (Å²) in [7, 11) is 0. The molecule has 3 heterocycles. The van der Waals surface area contributed by atoms with Crippen molar-refractivity contribution in [3.63, 3.8) is 0 Å². The zero-order valence-electron chi connectivity index (χ0n) is 16.7. The van der Waals surface area contributed by atoms with E-state index in [1.165, 1.54) is 51.4 Å². The van der Waals surface area contributed by atoms with Crippen LogP contribution < -0.4 is 16.0 Å². The zero-order valence-corrected chi connectivity index (χ0v) is 16.7. The molecule has 2 aromatic heterocycles. The second kappa shape index (κ2) is 9.82. The van der Waals surface area contributed by atoms with Gasteiger partial charge in [0.2, 0.25) is 5.95 Å². The second-order valence-electron chi connectivity index (χ2n) is 8.09. The Balaban J connectivity index is 1.46. The van der Waals surface area contributed by atoms with Crippen molar-refractivity contribution in [2.24, 2.45) is 5.92 Å². The normalized spacial score (nSPS) is 18.7. The van der Waals surface area contributed by atoms with Crippen LogP contribution in [0.25, 0.3) is 11.3 Å². The van der Waals surface area contributed by atoms with Gasteiger partial charge < -0.3 is 16.0 Å². The van der Waals surface area contributed by atoms with Crippen LogP contribution in [-0.4, -0.2) is 40.6 Å². The molecule has 150 valence electrons. The predicted octanol–water partition coefficient (Wildman–Crippen LogP) is 4.08. The largest absolute Gasteiger partial charge is 0.370 e. The van der Waals surface area contributed by atoms with Gasteiger partial charge in [0.05, 0.1) is 5.69 Å². The lowest BCUT2D eigenvalue weighted by Crippen LogP contribution is -2.28. The summed E-state index contributed by atoms with van der Waals surface area (Å²) in [6.07, 6.45) is 13.8. The molecule has 2 aromatic rings. The first kappa shape index (κ1) is 19.1. The third-order valence-electron chi connectivity index (χ3n) is 5.94. The third kappa shape index (κ3) is 5.41. The van der Waals surface area contributed by atoms with E-state index < -0.39 is 0 Å². The lowest BCUT2D eigenvalue weighted by atomic mass is 9.95. The number of nitrogens with zero attached hydrogens (tertiary/aromatic N) is 3. The summed E-state index contributed by atoms with van der Waals surface area (Å²) in [5, 5.41) is 10.6. The van der Waals surface area contributed by atoms with Crippen molar-refractivity contribution in [3.05, 3.63) is 30.6 Å². The predicted molar refractivity (Wildman–Crippen MR) is 114 cm³/mol. The number of pyridine rings is 1. The Morgan fingerprint density at radius 2 is 1.89 bits per heavy atom. The molecule has 0 spiro atoms. The van der Waals surface area contributed by atoms with Crippen LogP contribution in [0.1, 0.15) is 51.4 Å². The fourth-order valence-corrected chi connectivity index (χ4v) is 4.27. The van der Waals surface area contributed by atoms with Crippen LogP contribution in [0, 0.1) is 5.92 Å². The number of hydrogen-bond donors (Lipinski definition) is 3. The monoisotopic (exact) mass is 380 g/mol. The maximum atomic E-state index is 4.79. The molecule has 4 rings (SSSR count). The van der Waals surface area contributed by atoms with E-state index in [0.717, 1.165) is 48.6 Å². The zero-order chi connectivity index (χ0) is 19.0. The SMILES string of the molecule is c1cncc(-c2cc(NCCC3CCNCC3)nc(NC3CCCCC3)n2)c1. The van der Waals surface area contributed by atoms with E-state index in [4.69, 9.17) is 9.97 Å². The Kier molecular flexibility index (Phi) is 6.71. The molecule has 1 saturated carbocycles. The number of anilines is 2. The van der Waals surface area contributed by atoms with E-state index >= 15 is 0 Å². The van der Waals surface area contributed by atoms with Crippen molar-refractivity contribution in [1.82, 2.24) is 20.3 Å². The first-order valence-corrected chi connectivity index (χ1v) is 10.9. The smallest absolute Gasteiger partial charge is 0.225 e. The van der Waals surface area contributed by atoms with Crippen molar-refractivity contribution in [1.29, 1.82) is 0 Å². The van der Waals surface area contributed by atoms with Crippen molar-refractivity contribution in [2.75, 3.05) is 30.3 Å². The topological polar surface area (TPSA) is 74.8 Å². The van der Waals surface area contributed by atoms with Crippen LogP contribution in [0.15, 0.2) is 30.6 Å². The van der Waals surface area contributed by atoms with Crippen molar-refractivity contribution < 1.29 is 0 Å². The molecule has 3 N–H and O–H groups in total. The summed E-state index contributed by atoms with van der Waals surface area (Å²) in [4.78, 5) is 13.8. The summed E-state index contributed by atoms with van der Waals surface area (Å²) in [6, 6.07) is 6.54. The molecule has 1 aliphatic heterocycles. The Morgan fingerprint density at radius 1 is 1.04 bits per heavy atom. The molecule has 1 saturated heterocycles. The molecule has 0 unspecified atom stereocenters. The highest BCUT2D eigenvalue weighted by atomic mass is 15.2. The Bertz CT molecular complexity index is 723. The van der Waals surface area contributed by atoms with Crippen LogP contribution in [0.4, 0.5) is 11.8 Å². The Labute approximate surface area is 168 Å². The lowest BCUT2D eigenvalue weighted by Gasteiger charge is -2.24. The number of aromatic nitrogens is 3. The van der Waals surface area contributed by atoms with Gasteiger partial charge >= 0.3 is 0 Å². The number of piperidine rings is 1. The van der Waals surface area contributed by atoms with Gasteiger partial charge in [-0.2, -0.15) is 4.98 Å². The first-order valence-electron chi connectivity index (χ1n) is 10.9. The second-order valence-corrected chi connectivity index (χ2v) is 8.09. The fraction of sp³-hybridized carbons (Fsp3) is 0.591. The quantitative estimate of drug-likeness (QED) is 0.672. The molecule has 6 nitrogen and oxygen atoms in total. The van der Waals surface area contributed by atoms with E-state index in [2.05, 4.69) is 27.0 Å². The molecule has 0 aromatic carbocycles. The molecular weight excluding hydrogens is 348 g/mol. The molecule has 1 aliphatic carbocycles. The highest BCUT2D eigenvalue weighted by molar-refractivity contribution is 5.63. The van der Waals surface area contributed by atoms with E-state index in [9.17, 15) is 0 Å². The van der Waals surface area contributed by atoms with Gasteiger partial charge in [0.25, 0.3) is 0 Å².